The van der Waals surface area contributed by atoms with Crippen LogP contribution in [0.2, 0.25) is 0 Å². The number of benzene rings is 1. The zero-order chi connectivity index (χ0) is 12.3. The van der Waals surface area contributed by atoms with Crippen molar-refractivity contribution in [1.29, 1.82) is 0 Å². The van der Waals surface area contributed by atoms with E-state index in [4.69, 9.17) is 10.5 Å². The lowest BCUT2D eigenvalue weighted by molar-refractivity contribution is 0.0511. The molecule has 17 heavy (non-hydrogen) atoms. The molecule has 0 amide bonds. The predicted octanol–water partition coefficient (Wildman–Crippen LogP) is 3.13. The smallest absolute Gasteiger partial charge is 0.129 e. The van der Waals surface area contributed by atoms with Gasteiger partial charge in [-0.15, -0.1) is 0 Å². The van der Waals surface area contributed by atoms with Crippen LogP contribution in [0, 0.1) is 0 Å². The Morgan fingerprint density at radius 3 is 2.88 bits per heavy atom. The topological polar surface area (TPSA) is 48.1 Å². The Labute approximate surface area is 102 Å². The highest BCUT2D eigenvalue weighted by atomic mass is 16.5. The van der Waals surface area contributed by atoms with Gasteiger partial charge in [-0.25, -0.2) is 4.98 Å². The third-order valence-electron chi connectivity index (χ3n) is 2.93. The number of para-hydroxylation sites is 1. The minimum atomic E-state index is 0.251. The van der Waals surface area contributed by atoms with E-state index in [2.05, 4.69) is 24.9 Å². The number of hydrogen-bond donors (Lipinski definition) is 1. The summed E-state index contributed by atoms with van der Waals surface area (Å²) >= 11 is 0. The molecule has 0 radical (unpaired) electrons. The van der Waals surface area contributed by atoms with E-state index < -0.39 is 0 Å². The Bertz CT molecular complexity index is 511. The van der Waals surface area contributed by atoms with E-state index >= 15 is 0 Å². The van der Waals surface area contributed by atoms with Gasteiger partial charge in [0.25, 0.3) is 0 Å². The molecule has 2 aromatic rings. The summed E-state index contributed by atoms with van der Waals surface area (Å²) in [6.07, 6.45) is 1.25. The molecule has 90 valence electrons. The number of anilines is 1. The number of pyridine rings is 1. The molecule has 1 atom stereocenters. The minimum absolute atomic E-state index is 0.251. The second-order valence-corrected chi connectivity index (χ2v) is 4.26. The Morgan fingerprint density at radius 1 is 1.35 bits per heavy atom. The number of nitrogens with zero attached hydrogens (tertiary/aromatic N) is 1. The van der Waals surface area contributed by atoms with Crippen LogP contribution in [-0.4, -0.2) is 11.1 Å². The Hall–Kier alpha value is -1.61. The van der Waals surface area contributed by atoms with Gasteiger partial charge in [0.1, 0.15) is 5.82 Å². The molecule has 0 saturated carbocycles. The number of nitrogens with two attached hydrogens (primary N) is 1. The normalized spacial score (nSPS) is 12.8. The molecule has 1 aromatic carbocycles. The fourth-order valence-electron chi connectivity index (χ4n) is 1.64. The van der Waals surface area contributed by atoms with E-state index in [1.165, 1.54) is 0 Å². The van der Waals surface area contributed by atoms with Gasteiger partial charge in [-0.1, -0.05) is 25.1 Å². The van der Waals surface area contributed by atoms with Crippen LogP contribution in [0.4, 0.5) is 5.82 Å². The van der Waals surface area contributed by atoms with Crippen LogP contribution in [0.15, 0.2) is 30.3 Å². The van der Waals surface area contributed by atoms with Gasteiger partial charge in [0, 0.05) is 10.9 Å². The highest BCUT2D eigenvalue weighted by molar-refractivity contribution is 5.81. The van der Waals surface area contributed by atoms with Crippen molar-refractivity contribution < 1.29 is 4.74 Å². The van der Waals surface area contributed by atoms with Crippen molar-refractivity contribution in [2.45, 2.75) is 33.0 Å². The third kappa shape index (κ3) is 2.74. The SMILES string of the molecule is CCC(C)OCc1cc2ccccc2nc1N. The van der Waals surface area contributed by atoms with Crippen molar-refractivity contribution in [3.05, 3.63) is 35.9 Å². The van der Waals surface area contributed by atoms with Gasteiger partial charge in [-0.3, -0.25) is 0 Å². The summed E-state index contributed by atoms with van der Waals surface area (Å²) in [5.74, 6) is 0.562. The molecular weight excluding hydrogens is 212 g/mol. The lowest BCUT2D eigenvalue weighted by atomic mass is 10.1. The van der Waals surface area contributed by atoms with Crippen LogP contribution in [0.25, 0.3) is 10.9 Å². The van der Waals surface area contributed by atoms with Gasteiger partial charge in [-0.05, 0) is 25.5 Å². The molecule has 1 unspecified atom stereocenters. The second kappa shape index (κ2) is 5.15. The molecule has 1 heterocycles. The first-order valence-corrected chi connectivity index (χ1v) is 5.96. The van der Waals surface area contributed by atoms with Crippen LogP contribution in [0.1, 0.15) is 25.8 Å². The summed E-state index contributed by atoms with van der Waals surface area (Å²) in [5.41, 5.74) is 7.81. The number of aromatic nitrogens is 1. The van der Waals surface area contributed by atoms with E-state index in [0.717, 1.165) is 22.9 Å². The van der Waals surface area contributed by atoms with Gasteiger partial charge in [0.2, 0.25) is 0 Å². The molecule has 0 saturated heterocycles. The van der Waals surface area contributed by atoms with Crippen molar-refractivity contribution in [3.63, 3.8) is 0 Å². The lowest BCUT2D eigenvalue weighted by Crippen LogP contribution is -2.08. The van der Waals surface area contributed by atoms with Crippen LogP contribution in [-0.2, 0) is 11.3 Å². The van der Waals surface area contributed by atoms with Crippen molar-refractivity contribution >= 4 is 16.7 Å². The van der Waals surface area contributed by atoms with Crippen LogP contribution in [0.5, 0.6) is 0 Å². The lowest BCUT2D eigenvalue weighted by Gasteiger charge is -2.12. The molecule has 2 N–H and O–H groups in total. The van der Waals surface area contributed by atoms with Gasteiger partial charge >= 0.3 is 0 Å². The summed E-state index contributed by atoms with van der Waals surface area (Å²) in [7, 11) is 0. The number of rotatable bonds is 4. The first kappa shape index (κ1) is 11.9. The molecule has 0 spiro atoms. The van der Waals surface area contributed by atoms with E-state index in [-0.39, 0.29) is 6.10 Å². The first-order valence-electron chi connectivity index (χ1n) is 5.96. The Morgan fingerprint density at radius 2 is 2.12 bits per heavy atom. The van der Waals surface area contributed by atoms with Gasteiger partial charge in [0.05, 0.1) is 18.2 Å². The highest BCUT2D eigenvalue weighted by Crippen LogP contribution is 2.19. The number of hydrogen-bond acceptors (Lipinski definition) is 3. The van der Waals surface area contributed by atoms with Crippen molar-refractivity contribution in [2.75, 3.05) is 5.73 Å². The number of nitrogen functional groups attached to an aromatic ring is 1. The average molecular weight is 230 g/mol. The predicted molar refractivity (Wildman–Crippen MR) is 70.7 cm³/mol. The maximum atomic E-state index is 5.92. The quantitative estimate of drug-likeness (QED) is 0.877. The highest BCUT2D eigenvalue weighted by Gasteiger charge is 2.06. The average Bonchev–Trinajstić information content (AvgIpc) is 2.35. The molecule has 0 bridgehead atoms. The number of fused-ring (bicyclic) bond motifs is 1. The summed E-state index contributed by atoms with van der Waals surface area (Å²) in [4.78, 5) is 4.38. The minimum Gasteiger partial charge on any atom is -0.383 e. The van der Waals surface area contributed by atoms with Gasteiger partial charge in [-0.2, -0.15) is 0 Å². The maximum Gasteiger partial charge on any atom is 0.129 e. The molecule has 1 aromatic heterocycles. The number of ether oxygens (including phenoxy) is 1. The van der Waals surface area contributed by atoms with E-state index in [0.29, 0.717) is 12.4 Å². The van der Waals surface area contributed by atoms with Crippen molar-refractivity contribution in [3.8, 4) is 0 Å². The molecule has 3 heteroatoms. The zero-order valence-electron chi connectivity index (χ0n) is 10.3. The first-order chi connectivity index (χ1) is 8.20. The molecule has 0 aliphatic rings. The molecule has 0 aliphatic heterocycles. The largest absolute Gasteiger partial charge is 0.383 e. The standard InChI is InChI=1S/C14H18N2O/c1-3-10(2)17-9-12-8-11-6-4-5-7-13(11)16-14(12)15/h4-8,10H,3,9H2,1-2H3,(H2,15,16). The zero-order valence-corrected chi connectivity index (χ0v) is 10.3. The fourth-order valence-corrected chi connectivity index (χ4v) is 1.64. The summed E-state index contributed by atoms with van der Waals surface area (Å²) in [5, 5.41) is 1.10. The van der Waals surface area contributed by atoms with Crippen molar-refractivity contribution in [1.82, 2.24) is 4.98 Å². The van der Waals surface area contributed by atoms with E-state index in [9.17, 15) is 0 Å². The monoisotopic (exact) mass is 230 g/mol. The van der Waals surface area contributed by atoms with E-state index in [1.807, 2.05) is 24.3 Å². The van der Waals surface area contributed by atoms with Crippen LogP contribution >= 0.6 is 0 Å². The summed E-state index contributed by atoms with van der Waals surface area (Å²) < 4.78 is 5.69. The Balaban J connectivity index is 2.25. The maximum absolute atomic E-state index is 5.92. The van der Waals surface area contributed by atoms with Gasteiger partial charge < -0.3 is 10.5 Å². The second-order valence-electron chi connectivity index (χ2n) is 4.26. The van der Waals surface area contributed by atoms with Crippen LogP contribution < -0.4 is 5.73 Å². The Kier molecular flexibility index (Phi) is 3.59. The third-order valence-corrected chi connectivity index (χ3v) is 2.93. The molecule has 0 aliphatic carbocycles. The molecular formula is C14H18N2O. The molecule has 3 nitrogen and oxygen atoms in total. The van der Waals surface area contributed by atoms with Gasteiger partial charge in [0.15, 0.2) is 0 Å². The van der Waals surface area contributed by atoms with Crippen molar-refractivity contribution in [2.24, 2.45) is 0 Å². The fraction of sp³-hybridized carbons (Fsp3) is 0.357. The molecule has 0 fully saturated rings. The van der Waals surface area contributed by atoms with Crippen LogP contribution in [0.3, 0.4) is 0 Å². The summed E-state index contributed by atoms with van der Waals surface area (Å²) in [6.45, 7) is 4.69. The molecule has 2 rings (SSSR count). The summed E-state index contributed by atoms with van der Waals surface area (Å²) in [6, 6.07) is 10.0. The van der Waals surface area contributed by atoms with E-state index in [1.54, 1.807) is 0 Å².